The van der Waals surface area contributed by atoms with Crippen LogP contribution in [0.5, 0.6) is 5.75 Å². The summed E-state index contributed by atoms with van der Waals surface area (Å²) in [5, 5.41) is 12.2. The predicted molar refractivity (Wildman–Crippen MR) is 107 cm³/mol. The molecule has 0 atom stereocenters. The normalized spacial score (nSPS) is 11.4. The Morgan fingerprint density at radius 1 is 1.08 bits per heavy atom. The van der Waals surface area contributed by atoms with E-state index in [1.54, 1.807) is 11.3 Å². The lowest BCUT2D eigenvalue weighted by Gasteiger charge is -2.14. The molecule has 0 amide bonds. The Balaban J connectivity index is 1.57. The van der Waals surface area contributed by atoms with Gasteiger partial charge in [-0.3, -0.25) is 0 Å². The molecule has 1 aromatic heterocycles. The van der Waals surface area contributed by atoms with Crippen LogP contribution in [0, 0.1) is 5.82 Å². The fourth-order valence-electron chi connectivity index (χ4n) is 2.91. The number of aliphatic hydroxyl groups is 1. The van der Waals surface area contributed by atoms with E-state index in [9.17, 15) is 4.39 Å². The van der Waals surface area contributed by atoms with E-state index in [4.69, 9.17) is 9.84 Å². The highest BCUT2D eigenvalue weighted by molar-refractivity contribution is 7.17. The Labute approximate surface area is 157 Å². The first-order valence-electron chi connectivity index (χ1n) is 8.87. The number of thiophene rings is 1. The average Bonchev–Trinajstić information content (AvgIpc) is 3.05. The minimum Gasteiger partial charge on any atom is -0.494 e. The molecule has 3 rings (SSSR count). The van der Waals surface area contributed by atoms with Gasteiger partial charge in [-0.2, -0.15) is 0 Å². The third-order valence-electron chi connectivity index (χ3n) is 4.39. The second-order valence-electron chi connectivity index (χ2n) is 6.40. The van der Waals surface area contributed by atoms with Crippen LogP contribution in [0.2, 0.25) is 0 Å². The molecule has 138 valence electrons. The standard InChI is InChI=1S/C21H24FNO2S/c1-23(11-12-24)10-2-3-13-25-18-8-9-19-20(15-26-21(19)14-18)16-4-6-17(22)7-5-16/h4-9,14-15,24H,2-3,10-13H2,1H3. The van der Waals surface area contributed by atoms with Gasteiger partial charge in [-0.1, -0.05) is 12.1 Å². The van der Waals surface area contributed by atoms with Crippen LogP contribution in [-0.2, 0) is 0 Å². The quantitative estimate of drug-likeness (QED) is 0.547. The van der Waals surface area contributed by atoms with Gasteiger partial charge in [-0.25, -0.2) is 4.39 Å². The molecule has 0 aliphatic heterocycles. The molecule has 1 N–H and O–H groups in total. The number of nitrogens with zero attached hydrogens (tertiary/aromatic N) is 1. The Hall–Kier alpha value is -1.95. The van der Waals surface area contributed by atoms with Crippen molar-refractivity contribution < 1.29 is 14.2 Å². The van der Waals surface area contributed by atoms with E-state index in [0.29, 0.717) is 13.2 Å². The summed E-state index contributed by atoms with van der Waals surface area (Å²) in [5.41, 5.74) is 2.15. The van der Waals surface area contributed by atoms with E-state index in [2.05, 4.69) is 22.4 Å². The van der Waals surface area contributed by atoms with Gasteiger partial charge in [0.15, 0.2) is 0 Å². The van der Waals surface area contributed by atoms with Crippen molar-refractivity contribution in [1.29, 1.82) is 0 Å². The molecule has 0 unspecified atom stereocenters. The SMILES string of the molecule is CN(CCO)CCCCOc1ccc2c(-c3ccc(F)cc3)csc2c1. The van der Waals surface area contributed by atoms with E-state index in [1.165, 1.54) is 22.2 Å². The number of halogens is 1. The first-order valence-corrected chi connectivity index (χ1v) is 9.75. The van der Waals surface area contributed by atoms with E-state index >= 15 is 0 Å². The van der Waals surface area contributed by atoms with Crippen LogP contribution in [0.25, 0.3) is 21.2 Å². The number of ether oxygens (including phenoxy) is 1. The number of aliphatic hydroxyl groups excluding tert-OH is 1. The molecule has 26 heavy (non-hydrogen) atoms. The van der Waals surface area contributed by atoms with Crippen LogP contribution in [0.4, 0.5) is 4.39 Å². The van der Waals surface area contributed by atoms with E-state index in [0.717, 1.165) is 36.3 Å². The molecule has 0 saturated heterocycles. The highest BCUT2D eigenvalue weighted by Gasteiger charge is 2.08. The Morgan fingerprint density at radius 3 is 2.65 bits per heavy atom. The zero-order valence-electron chi connectivity index (χ0n) is 15.0. The third kappa shape index (κ3) is 4.81. The van der Waals surface area contributed by atoms with E-state index in [1.807, 2.05) is 25.2 Å². The topological polar surface area (TPSA) is 32.7 Å². The lowest BCUT2D eigenvalue weighted by molar-refractivity contribution is 0.215. The molecule has 0 spiro atoms. The zero-order valence-corrected chi connectivity index (χ0v) is 15.8. The van der Waals surface area contributed by atoms with Crippen molar-refractivity contribution in [3.63, 3.8) is 0 Å². The van der Waals surface area contributed by atoms with E-state index < -0.39 is 0 Å². The minimum absolute atomic E-state index is 0.202. The molecule has 3 aromatic rings. The highest BCUT2D eigenvalue weighted by atomic mass is 32.1. The maximum atomic E-state index is 13.1. The number of hydrogen-bond donors (Lipinski definition) is 1. The van der Waals surface area contributed by atoms with Gasteiger partial charge in [0.25, 0.3) is 0 Å². The zero-order chi connectivity index (χ0) is 18.4. The van der Waals surface area contributed by atoms with Crippen molar-refractivity contribution in [3.05, 3.63) is 53.7 Å². The summed E-state index contributed by atoms with van der Waals surface area (Å²) in [6, 6.07) is 12.8. The van der Waals surface area contributed by atoms with Gasteiger partial charge in [0.05, 0.1) is 13.2 Å². The Kier molecular flexibility index (Phi) is 6.61. The molecule has 3 nitrogen and oxygen atoms in total. The first kappa shape index (κ1) is 18.8. The Morgan fingerprint density at radius 2 is 1.88 bits per heavy atom. The van der Waals surface area contributed by atoms with Crippen LogP contribution in [0.1, 0.15) is 12.8 Å². The summed E-state index contributed by atoms with van der Waals surface area (Å²) in [6.45, 7) is 2.57. The van der Waals surface area contributed by atoms with Gasteiger partial charge in [0, 0.05) is 22.2 Å². The average molecular weight is 373 g/mol. The fourth-order valence-corrected chi connectivity index (χ4v) is 3.90. The molecular formula is C21H24FNO2S. The van der Waals surface area contributed by atoms with Crippen molar-refractivity contribution in [1.82, 2.24) is 4.90 Å². The van der Waals surface area contributed by atoms with Gasteiger partial charge in [0.1, 0.15) is 11.6 Å². The number of unbranched alkanes of at least 4 members (excludes halogenated alkanes) is 1. The maximum absolute atomic E-state index is 13.1. The number of fused-ring (bicyclic) bond motifs is 1. The molecule has 0 saturated carbocycles. The summed E-state index contributed by atoms with van der Waals surface area (Å²) in [5.74, 6) is 0.667. The van der Waals surface area contributed by atoms with Crippen molar-refractivity contribution in [2.45, 2.75) is 12.8 Å². The predicted octanol–water partition coefficient (Wildman–Crippen LogP) is 4.79. The van der Waals surface area contributed by atoms with E-state index in [-0.39, 0.29) is 12.4 Å². The number of hydrogen-bond acceptors (Lipinski definition) is 4. The van der Waals surface area contributed by atoms with Crippen LogP contribution in [-0.4, -0.2) is 43.4 Å². The van der Waals surface area contributed by atoms with Crippen LogP contribution in [0.3, 0.4) is 0 Å². The second-order valence-corrected chi connectivity index (χ2v) is 7.31. The summed E-state index contributed by atoms with van der Waals surface area (Å²) < 4.78 is 20.2. The number of benzene rings is 2. The monoisotopic (exact) mass is 373 g/mol. The largest absolute Gasteiger partial charge is 0.494 e. The number of likely N-dealkylation sites (N-methyl/N-ethyl adjacent to an activating group) is 1. The second kappa shape index (κ2) is 9.12. The summed E-state index contributed by atoms with van der Waals surface area (Å²) >= 11 is 1.68. The van der Waals surface area contributed by atoms with Crippen LogP contribution < -0.4 is 4.74 Å². The first-order chi connectivity index (χ1) is 12.7. The van der Waals surface area contributed by atoms with Gasteiger partial charge in [-0.15, -0.1) is 11.3 Å². The van der Waals surface area contributed by atoms with Crippen molar-refractivity contribution in [2.75, 3.05) is 33.4 Å². The Bertz CT molecular complexity index is 832. The van der Waals surface area contributed by atoms with Crippen molar-refractivity contribution in [3.8, 4) is 16.9 Å². The van der Waals surface area contributed by atoms with Crippen molar-refractivity contribution >= 4 is 21.4 Å². The molecule has 0 bridgehead atoms. The van der Waals surface area contributed by atoms with Crippen molar-refractivity contribution in [2.24, 2.45) is 0 Å². The smallest absolute Gasteiger partial charge is 0.123 e. The summed E-state index contributed by atoms with van der Waals surface area (Å²) in [4.78, 5) is 2.12. The molecule has 0 aliphatic carbocycles. The van der Waals surface area contributed by atoms with Gasteiger partial charge in [-0.05, 0) is 67.7 Å². The highest BCUT2D eigenvalue weighted by Crippen LogP contribution is 2.36. The van der Waals surface area contributed by atoms with Gasteiger partial charge < -0.3 is 14.7 Å². The maximum Gasteiger partial charge on any atom is 0.123 e. The van der Waals surface area contributed by atoms with Gasteiger partial charge >= 0.3 is 0 Å². The molecule has 0 aliphatic rings. The molecule has 1 heterocycles. The molecule has 2 aromatic carbocycles. The molecular weight excluding hydrogens is 349 g/mol. The number of rotatable bonds is 9. The molecule has 0 fully saturated rings. The minimum atomic E-state index is -0.216. The fraction of sp³-hybridized carbons (Fsp3) is 0.333. The lowest BCUT2D eigenvalue weighted by atomic mass is 10.0. The molecule has 0 radical (unpaired) electrons. The van der Waals surface area contributed by atoms with Gasteiger partial charge in [0.2, 0.25) is 0 Å². The molecule has 5 heteroatoms. The third-order valence-corrected chi connectivity index (χ3v) is 5.33. The summed E-state index contributed by atoms with van der Waals surface area (Å²) in [6.07, 6.45) is 2.03. The van der Waals surface area contributed by atoms with Crippen LogP contribution >= 0.6 is 11.3 Å². The summed E-state index contributed by atoms with van der Waals surface area (Å²) in [7, 11) is 2.01. The van der Waals surface area contributed by atoms with Crippen LogP contribution in [0.15, 0.2) is 47.8 Å². The lowest BCUT2D eigenvalue weighted by Crippen LogP contribution is -2.23.